The fourth-order valence-corrected chi connectivity index (χ4v) is 3.73. The smallest absolute Gasteiger partial charge is 0.162 e. The average molecular weight is 297 g/mol. The summed E-state index contributed by atoms with van der Waals surface area (Å²) in [6.07, 6.45) is 11.3. The number of likely N-dealkylation sites (tertiary alicyclic amines) is 1. The van der Waals surface area contributed by atoms with Gasteiger partial charge in [-0.15, -0.1) is 6.42 Å². The lowest BCUT2D eigenvalue weighted by Crippen LogP contribution is -2.33. The molecule has 0 aromatic heterocycles. The molecule has 2 heterocycles. The van der Waals surface area contributed by atoms with Gasteiger partial charge in [-0.3, -0.25) is 4.90 Å². The van der Waals surface area contributed by atoms with Gasteiger partial charge in [0.1, 0.15) is 6.26 Å². The molecule has 0 radical (unpaired) electrons. The van der Waals surface area contributed by atoms with Crippen LogP contribution in [0, 0.1) is 26.2 Å². The highest BCUT2D eigenvalue weighted by atomic mass is 16.5. The summed E-state index contributed by atoms with van der Waals surface area (Å²) in [5.74, 6) is 4.16. The Bertz CT molecular complexity index is 672. The number of ether oxygens (including phenoxy) is 1. The summed E-state index contributed by atoms with van der Waals surface area (Å²) in [6, 6.07) is 0. The quantitative estimate of drug-likeness (QED) is 0.805. The Labute approximate surface area is 132 Å². The molecule has 0 amide bonds. The van der Waals surface area contributed by atoms with Crippen LogP contribution in [-0.2, 0) is 0 Å². The first kappa shape index (κ1) is 15.0. The number of hydrogen-bond donors (Lipinski definition) is 0. The van der Waals surface area contributed by atoms with Crippen molar-refractivity contribution < 1.29 is 9.15 Å². The van der Waals surface area contributed by atoms with Crippen LogP contribution in [-0.4, -0.2) is 31.6 Å². The minimum atomic E-state index is 0.571. The van der Waals surface area contributed by atoms with Crippen molar-refractivity contribution in [3.05, 3.63) is 29.2 Å². The molecular weight excluding hydrogens is 274 g/mol. The minimum absolute atomic E-state index is 0.571. The van der Waals surface area contributed by atoms with Gasteiger partial charge in [-0.05, 0) is 62.4 Å². The Hall–Kier alpha value is -1.92. The van der Waals surface area contributed by atoms with Gasteiger partial charge >= 0.3 is 0 Å². The van der Waals surface area contributed by atoms with Gasteiger partial charge in [-0.1, -0.05) is 5.92 Å². The molecule has 0 aromatic rings. The molecule has 0 bridgehead atoms. The van der Waals surface area contributed by atoms with E-state index in [2.05, 4.69) is 24.7 Å². The molecule has 0 N–H and O–H groups in total. The zero-order chi connectivity index (χ0) is 15.7. The Balaban J connectivity index is 1.98. The van der Waals surface area contributed by atoms with Crippen LogP contribution < -0.4 is 4.74 Å². The van der Waals surface area contributed by atoms with Crippen molar-refractivity contribution in [3.63, 3.8) is 0 Å². The first-order chi connectivity index (χ1) is 10.7. The number of fused-ring (bicyclic) bond motifs is 1. The molecule has 0 aromatic carbocycles. The number of terminal acetylenes is 1. The highest BCUT2D eigenvalue weighted by Gasteiger charge is 2.30. The van der Waals surface area contributed by atoms with Gasteiger partial charge in [0, 0.05) is 11.1 Å². The Kier molecular flexibility index (Phi) is 4.13. The van der Waals surface area contributed by atoms with Crippen LogP contribution in [0.2, 0.25) is 0 Å². The van der Waals surface area contributed by atoms with Crippen molar-refractivity contribution in [2.45, 2.75) is 32.6 Å². The van der Waals surface area contributed by atoms with E-state index < -0.39 is 0 Å². The van der Waals surface area contributed by atoms with Gasteiger partial charge in [0.15, 0.2) is 5.75 Å². The highest BCUT2D eigenvalue weighted by Crippen LogP contribution is 2.47. The monoisotopic (exact) mass is 297 g/mol. The maximum Gasteiger partial charge on any atom is 0.162 e. The van der Waals surface area contributed by atoms with E-state index in [0.717, 1.165) is 38.2 Å². The van der Waals surface area contributed by atoms with Crippen molar-refractivity contribution in [1.82, 2.24) is 4.90 Å². The average Bonchev–Trinajstić information content (AvgIpc) is 2.80. The molecule has 1 fully saturated rings. The summed E-state index contributed by atoms with van der Waals surface area (Å²) in [5.41, 5.74) is 6.54. The predicted octanol–water partition coefficient (Wildman–Crippen LogP) is 3.82. The van der Waals surface area contributed by atoms with Gasteiger partial charge in [-0.25, -0.2) is 0 Å². The van der Waals surface area contributed by atoms with E-state index in [1.54, 1.807) is 13.4 Å². The van der Waals surface area contributed by atoms with E-state index in [9.17, 15) is 0 Å². The molecule has 3 nitrogen and oxygen atoms in total. The Morgan fingerprint density at radius 1 is 1.27 bits per heavy atom. The van der Waals surface area contributed by atoms with Crippen LogP contribution in [0.15, 0.2) is 16.9 Å². The van der Waals surface area contributed by atoms with Crippen LogP contribution in [0.25, 0.3) is 11.1 Å². The molecule has 0 saturated carbocycles. The SMILES string of the molecule is C#CCN1CCC(c2c(C)c(C)c3cocc(OC)c2-3)CC1. The third-order valence-corrected chi connectivity index (χ3v) is 5.05. The molecule has 1 aliphatic carbocycles. The fourth-order valence-electron chi connectivity index (χ4n) is 3.73. The summed E-state index contributed by atoms with van der Waals surface area (Å²) in [6.45, 7) is 7.29. The summed E-state index contributed by atoms with van der Waals surface area (Å²) in [7, 11) is 1.71. The first-order valence-electron chi connectivity index (χ1n) is 7.86. The third-order valence-electron chi connectivity index (χ3n) is 5.05. The summed E-state index contributed by atoms with van der Waals surface area (Å²) >= 11 is 0. The van der Waals surface area contributed by atoms with Gasteiger partial charge in [-0.2, -0.15) is 0 Å². The topological polar surface area (TPSA) is 25.6 Å². The molecule has 2 aliphatic heterocycles. The molecule has 0 unspecified atom stereocenters. The van der Waals surface area contributed by atoms with Crippen LogP contribution in [0.5, 0.6) is 5.75 Å². The lowest BCUT2D eigenvalue weighted by molar-refractivity contribution is 0.235. The number of nitrogens with zero attached hydrogens (tertiary/aromatic N) is 1. The first-order valence-corrected chi connectivity index (χ1v) is 7.86. The number of piperidine rings is 1. The zero-order valence-corrected chi connectivity index (χ0v) is 13.6. The molecule has 1 saturated heterocycles. The van der Waals surface area contributed by atoms with Crippen LogP contribution in [0.4, 0.5) is 0 Å². The molecule has 0 spiro atoms. The summed E-state index contributed by atoms with van der Waals surface area (Å²) in [4.78, 5) is 2.36. The van der Waals surface area contributed by atoms with Gasteiger partial charge < -0.3 is 9.15 Å². The van der Waals surface area contributed by atoms with Crippen LogP contribution in [0.3, 0.4) is 0 Å². The summed E-state index contributed by atoms with van der Waals surface area (Å²) < 4.78 is 11.0. The Morgan fingerprint density at radius 2 is 2.00 bits per heavy atom. The zero-order valence-electron chi connectivity index (χ0n) is 13.6. The third kappa shape index (κ3) is 2.38. The van der Waals surface area contributed by atoms with E-state index in [1.807, 2.05) is 6.26 Å². The normalized spacial score (nSPS) is 16.8. The van der Waals surface area contributed by atoms with Crippen molar-refractivity contribution in [3.8, 4) is 29.2 Å². The molecule has 3 heteroatoms. The fraction of sp³-hybridized carbons (Fsp3) is 0.474. The van der Waals surface area contributed by atoms with E-state index in [4.69, 9.17) is 15.6 Å². The second-order valence-corrected chi connectivity index (χ2v) is 6.15. The summed E-state index contributed by atoms with van der Waals surface area (Å²) in [5, 5.41) is 0. The van der Waals surface area contributed by atoms with Crippen molar-refractivity contribution in [2.75, 3.05) is 26.7 Å². The van der Waals surface area contributed by atoms with Crippen LogP contribution >= 0.6 is 0 Å². The van der Waals surface area contributed by atoms with Gasteiger partial charge in [0.05, 0.1) is 19.9 Å². The molecule has 22 heavy (non-hydrogen) atoms. The second kappa shape index (κ2) is 6.06. The largest absolute Gasteiger partial charge is 0.493 e. The van der Waals surface area contributed by atoms with Gasteiger partial charge in [0.2, 0.25) is 0 Å². The molecule has 3 aliphatic rings. The van der Waals surface area contributed by atoms with Crippen molar-refractivity contribution in [2.24, 2.45) is 0 Å². The van der Waals surface area contributed by atoms with E-state index in [1.165, 1.54) is 27.8 Å². The van der Waals surface area contributed by atoms with Crippen molar-refractivity contribution >= 4 is 0 Å². The maximum atomic E-state index is 5.56. The molecule has 0 atom stereocenters. The Morgan fingerprint density at radius 3 is 2.64 bits per heavy atom. The predicted molar refractivity (Wildman–Crippen MR) is 88.6 cm³/mol. The van der Waals surface area contributed by atoms with E-state index in [-0.39, 0.29) is 0 Å². The number of methoxy groups -OCH3 is 1. The van der Waals surface area contributed by atoms with Crippen LogP contribution in [0.1, 0.15) is 35.4 Å². The van der Waals surface area contributed by atoms with Gasteiger partial charge in [0.25, 0.3) is 0 Å². The lowest BCUT2D eigenvalue weighted by Gasteiger charge is -2.31. The molecule has 3 rings (SSSR count). The second-order valence-electron chi connectivity index (χ2n) is 6.15. The maximum absolute atomic E-state index is 5.56. The van der Waals surface area contributed by atoms with E-state index >= 15 is 0 Å². The molecular formula is C19H23NO2. The van der Waals surface area contributed by atoms with E-state index in [0.29, 0.717) is 5.92 Å². The molecule has 116 valence electrons. The highest BCUT2D eigenvalue weighted by molar-refractivity contribution is 5.82. The number of rotatable bonds is 3. The number of hydrogen-bond acceptors (Lipinski definition) is 3. The lowest BCUT2D eigenvalue weighted by atomic mass is 9.86. The van der Waals surface area contributed by atoms with Crippen molar-refractivity contribution in [1.29, 1.82) is 0 Å². The standard InChI is InChI=1S/C19H23NO2/c1-5-8-20-9-6-15(7-10-20)18-14(3)13(2)16-11-22-12-17(21-4)19(16)18/h1,11-12,15H,6-10H2,2-4H3. The minimum Gasteiger partial charge on any atom is -0.493 e.